The summed E-state index contributed by atoms with van der Waals surface area (Å²) in [6.07, 6.45) is 1.04. The molecule has 1 heterocycles. The number of hydrogen-bond acceptors (Lipinski definition) is 3. The van der Waals surface area contributed by atoms with Gasteiger partial charge in [-0.25, -0.2) is 4.79 Å². The van der Waals surface area contributed by atoms with Gasteiger partial charge in [0.05, 0.1) is 5.41 Å². The lowest BCUT2D eigenvalue weighted by Crippen LogP contribution is -2.49. The molecular formula is C12H23N3O3. The molecule has 6 heteroatoms. The Morgan fingerprint density at radius 1 is 1.39 bits per heavy atom. The molecule has 18 heavy (non-hydrogen) atoms. The molecule has 1 aliphatic rings. The number of nitrogens with zero attached hydrogens (tertiary/aromatic N) is 2. The molecule has 2 N–H and O–H groups in total. The Labute approximate surface area is 108 Å². The van der Waals surface area contributed by atoms with Crippen molar-refractivity contribution in [3.63, 3.8) is 0 Å². The lowest BCUT2D eigenvalue weighted by Gasteiger charge is -2.38. The Morgan fingerprint density at radius 2 is 1.94 bits per heavy atom. The third-order valence-electron chi connectivity index (χ3n) is 3.68. The van der Waals surface area contributed by atoms with Gasteiger partial charge in [0.15, 0.2) is 0 Å². The van der Waals surface area contributed by atoms with Crippen molar-refractivity contribution < 1.29 is 14.7 Å². The first kappa shape index (κ1) is 14.8. The van der Waals surface area contributed by atoms with Gasteiger partial charge in [0, 0.05) is 33.2 Å². The zero-order valence-corrected chi connectivity index (χ0v) is 11.4. The fourth-order valence-electron chi connectivity index (χ4n) is 2.02. The molecule has 104 valence electrons. The molecule has 6 nitrogen and oxygen atoms in total. The first-order chi connectivity index (χ1) is 8.40. The largest absolute Gasteiger partial charge is 0.481 e. The fourth-order valence-corrected chi connectivity index (χ4v) is 2.02. The number of urea groups is 1. The zero-order chi connectivity index (χ0) is 13.8. The van der Waals surface area contributed by atoms with Crippen LogP contribution in [-0.4, -0.2) is 67.2 Å². The predicted molar refractivity (Wildman–Crippen MR) is 68.5 cm³/mol. The molecule has 0 aromatic rings. The maximum absolute atomic E-state index is 12.1. The van der Waals surface area contributed by atoms with E-state index in [9.17, 15) is 9.59 Å². The molecule has 1 aliphatic heterocycles. The highest BCUT2D eigenvalue weighted by molar-refractivity contribution is 5.76. The second-order valence-corrected chi connectivity index (χ2v) is 5.16. The van der Waals surface area contributed by atoms with Crippen molar-refractivity contribution in [1.29, 1.82) is 0 Å². The summed E-state index contributed by atoms with van der Waals surface area (Å²) in [5.74, 6) is -0.766. The fraction of sp³-hybridized carbons (Fsp3) is 0.833. The van der Waals surface area contributed by atoms with Crippen molar-refractivity contribution in [2.45, 2.75) is 19.8 Å². The molecule has 0 bridgehead atoms. The van der Waals surface area contributed by atoms with Crippen molar-refractivity contribution in [2.75, 3.05) is 40.3 Å². The van der Waals surface area contributed by atoms with Gasteiger partial charge < -0.3 is 20.2 Å². The molecule has 0 atom stereocenters. The summed E-state index contributed by atoms with van der Waals surface area (Å²) < 4.78 is 0. The summed E-state index contributed by atoms with van der Waals surface area (Å²) in [6, 6.07) is -0.0160. The number of carboxylic acid groups (broad SMARTS) is 1. The molecule has 0 aromatic heterocycles. The number of carbonyl (C=O) groups is 2. The lowest BCUT2D eigenvalue weighted by atomic mass is 9.80. The van der Waals surface area contributed by atoms with Gasteiger partial charge in [-0.2, -0.15) is 0 Å². The Bertz CT molecular complexity index is 312. The Kier molecular flexibility index (Phi) is 4.95. The average Bonchev–Trinajstić information content (AvgIpc) is 2.35. The summed E-state index contributed by atoms with van der Waals surface area (Å²) in [5, 5.41) is 12.1. The van der Waals surface area contributed by atoms with E-state index in [4.69, 9.17) is 5.11 Å². The van der Waals surface area contributed by atoms with Crippen LogP contribution in [0.4, 0.5) is 4.79 Å². The molecule has 2 amide bonds. The van der Waals surface area contributed by atoms with Gasteiger partial charge in [-0.1, -0.05) is 0 Å². The van der Waals surface area contributed by atoms with Gasteiger partial charge >= 0.3 is 12.0 Å². The van der Waals surface area contributed by atoms with Gasteiger partial charge in [0.2, 0.25) is 0 Å². The number of carboxylic acids is 1. The van der Waals surface area contributed by atoms with Crippen LogP contribution in [-0.2, 0) is 4.79 Å². The van der Waals surface area contributed by atoms with Gasteiger partial charge in [0.25, 0.3) is 0 Å². The molecule has 0 aliphatic carbocycles. The third kappa shape index (κ3) is 3.35. The Hall–Kier alpha value is -1.30. The van der Waals surface area contributed by atoms with Gasteiger partial charge in [-0.3, -0.25) is 4.79 Å². The van der Waals surface area contributed by atoms with Crippen molar-refractivity contribution >= 4 is 12.0 Å². The maximum Gasteiger partial charge on any atom is 0.319 e. The van der Waals surface area contributed by atoms with Crippen molar-refractivity contribution in [3.8, 4) is 0 Å². The predicted octanol–water partition coefficient (Wildman–Crippen LogP) is 0.444. The highest BCUT2D eigenvalue weighted by Crippen LogP contribution is 2.31. The smallest absolute Gasteiger partial charge is 0.319 e. The van der Waals surface area contributed by atoms with E-state index in [2.05, 4.69) is 5.32 Å². The molecule has 0 aromatic carbocycles. The number of piperidine rings is 1. The van der Waals surface area contributed by atoms with Crippen LogP contribution in [0.25, 0.3) is 0 Å². The number of aliphatic carboxylic acids is 1. The topological polar surface area (TPSA) is 72.9 Å². The molecule has 0 spiro atoms. The molecule has 0 unspecified atom stereocenters. The van der Waals surface area contributed by atoms with E-state index >= 15 is 0 Å². The number of nitrogens with one attached hydrogen (secondary N) is 1. The average molecular weight is 257 g/mol. The molecular weight excluding hydrogens is 234 g/mol. The van der Waals surface area contributed by atoms with Crippen LogP contribution < -0.4 is 5.32 Å². The Morgan fingerprint density at radius 3 is 2.39 bits per heavy atom. The van der Waals surface area contributed by atoms with E-state index in [1.54, 1.807) is 23.8 Å². The van der Waals surface area contributed by atoms with E-state index in [0.717, 1.165) is 6.54 Å². The first-order valence-electron chi connectivity index (χ1n) is 6.29. The van der Waals surface area contributed by atoms with Crippen LogP contribution >= 0.6 is 0 Å². The third-order valence-corrected chi connectivity index (χ3v) is 3.68. The van der Waals surface area contributed by atoms with Crippen LogP contribution in [0.2, 0.25) is 0 Å². The van der Waals surface area contributed by atoms with Crippen molar-refractivity contribution in [3.05, 3.63) is 0 Å². The summed E-state index contributed by atoms with van der Waals surface area (Å²) in [7, 11) is 3.61. The summed E-state index contributed by atoms with van der Waals surface area (Å²) >= 11 is 0. The maximum atomic E-state index is 12.1. The van der Waals surface area contributed by atoms with Crippen molar-refractivity contribution in [2.24, 2.45) is 5.41 Å². The summed E-state index contributed by atoms with van der Waals surface area (Å²) in [5.41, 5.74) is -0.680. The lowest BCUT2D eigenvalue weighted by molar-refractivity contribution is -0.150. The van der Waals surface area contributed by atoms with Gasteiger partial charge in [0.1, 0.15) is 0 Å². The summed E-state index contributed by atoms with van der Waals surface area (Å²) in [6.45, 7) is 4.20. The number of likely N-dealkylation sites (tertiary alicyclic amines) is 1. The van der Waals surface area contributed by atoms with E-state index in [1.165, 1.54) is 0 Å². The number of carbonyl (C=O) groups excluding carboxylic acids is 1. The van der Waals surface area contributed by atoms with Crippen LogP contribution in [0, 0.1) is 5.41 Å². The van der Waals surface area contributed by atoms with Crippen LogP contribution in [0.1, 0.15) is 19.8 Å². The number of likely N-dealkylation sites (N-methyl/N-ethyl adjacent to an activating group) is 2. The molecule has 0 radical (unpaired) electrons. The van der Waals surface area contributed by atoms with E-state index in [0.29, 0.717) is 32.5 Å². The standard InChI is InChI=1S/C12H23N3O3/c1-12(10(16)17)4-7-15(8-5-12)11(18)14(3)9-6-13-2/h13H,4-9H2,1-3H3,(H,16,17). The van der Waals surface area contributed by atoms with E-state index in [-0.39, 0.29) is 6.03 Å². The van der Waals surface area contributed by atoms with Crippen LogP contribution in [0.15, 0.2) is 0 Å². The van der Waals surface area contributed by atoms with Crippen LogP contribution in [0.3, 0.4) is 0 Å². The number of rotatable bonds is 4. The van der Waals surface area contributed by atoms with E-state index in [1.807, 2.05) is 7.05 Å². The second kappa shape index (κ2) is 6.04. The second-order valence-electron chi connectivity index (χ2n) is 5.16. The zero-order valence-electron chi connectivity index (χ0n) is 11.4. The Balaban J connectivity index is 2.47. The summed E-state index contributed by atoms with van der Waals surface area (Å²) in [4.78, 5) is 26.6. The number of amides is 2. The molecule has 0 saturated carbocycles. The SMILES string of the molecule is CNCCN(C)C(=O)N1CCC(C)(C(=O)O)CC1. The molecule has 1 fully saturated rings. The van der Waals surface area contributed by atoms with E-state index < -0.39 is 11.4 Å². The molecule has 1 saturated heterocycles. The quantitative estimate of drug-likeness (QED) is 0.766. The minimum absolute atomic E-state index is 0.0160. The monoisotopic (exact) mass is 257 g/mol. The van der Waals surface area contributed by atoms with Crippen molar-refractivity contribution in [1.82, 2.24) is 15.1 Å². The molecule has 1 rings (SSSR count). The van der Waals surface area contributed by atoms with Gasteiger partial charge in [-0.05, 0) is 26.8 Å². The minimum atomic E-state index is -0.766. The normalized spacial score (nSPS) is 18.5. The van der Waals surface area contributed by atoms with Gasteiger partial charge in [-0.15, -0.1) is 0 Å². The highest BCUT2D eigenvalue weighted by atomic mass is 16.4. The minimum Gasteiger partial charge on any atom is -0.481 e. The van der Waals surface area contributed by atoms with Crippen LogP contribution in [0.5, 0.6) is 0 Å². The highest BCUT2D eigenvalue weighted by Gasteiger charge is 2.38. The number of hydrogen-bond donors (Lipinski definition) is 2. The first-order valence-corrected chi connectivity index (χ1v) is 6.29.